The smallest absolute Gasteiger partial charge is 0.269 e. The van der Waals surface area contributed by atoms with Gasteiger partial charge < -0.3 is 10.1 Å². The Hall–Kier alpha value is -2.23. The second-order valence-corrected chi connectivity index (χ2v) is 8.21. The van der Waals surface area contributed by atoms with Gasteiger partial charge >= 0.3 is 0 Å². The van der Waals surface area contributed by atoms with Crippen LogP contribution in [0.15, 0.2) is 36.4 Å². The van der Waals surface area contributed by atoms with Crippen molar-refractivity contribution in [2.45, 2.75) is 6.10 Å². The molecule has 1 aromatic heterocycles. The van der Waals surface area contributed by atoms with Gasteiger partial charge in [0, 0.05) is 32.2 Å². The fourth-order valence-corrected chi connectivity index (χ4v) is 3.69. The fourth-order valence-electron chi connectivity index (χ4n) is 2.84. The number of morpholine rings is 1. The van der Waals surface area contributed by atoms with E-state index in [4.69, 9.17) is 4.74 Å². The molecule has 1 fully saturated rings. The third-order valence-corrected chi connectivity index (χ3v) is 5.51. The number of carbonyl (C=O) groups is 1. The summed E-state index contributed by atoms with van der Waals surface area (Å²) in [6.07, 6.45) is 0.804. The zero-order valence-electron chi connectivity index (χ0n) is 14.8. The highest BCUT2D eigenvalue weighted by molar-refractivity contribution is 7.88. The third kappa shape index (κ3) is 4.29. The monoisotopic (exact) mass is 378 g/mol. The van der Waals surface area contributed by atoms with Gasteiger partial charge in [0.1, 0.15) is 5.69 Å². The lowest BCUT2D eigenvalue weighted by molar-refractivity contribution is 0.000389. The molecule has 8 nitrogen and oxygen atoms in total. The average molecular weight is 378 g/mol. The molecule has 1 saturated heterocycles. The molecule has 0 bridgehead atoms. The van der Waals surface area contributed by atoms with Crippen molar-refractivity contribution in [3.05, 3.63) is 42.1 Å². The van der Waals surface area contributed by atoms with Crippen molar-refractivity contribution >= 4 is 15.9 Å². The Morgan fingerprint density at radius 2 is 2.08 bits per heavy atom. The SMILES string of the molecule is Cn1nc(-c2ccccc2)cc1C(=O)NC[C@@H]1CN(S(C)(=O)=O)CCO1. The molecule has 3 rings (SSSR count). The lowest BCUT2D eigenvalue weighted by atomic mass is 10.1. The van der Waals surface area contributed by atoms with Crippen molar-refractivity contribution in [1.29, 1.82) is 0 Å². The van der Waals surface area contributed by atoms with Gasteiger partial charge in [-0.2, -0.15) is 9.40 Å². The maximum absolute atomic E-state index is 12.5. The molecule has 1 aromatic carbocycles. The number of carbonyl (C=O) groups excluding carboxylic acids is 1. The number of hydrogen-bond acceptors (Lipinski definition) is 5. The Bertz CT molecular complexity index is 879. The number of aryl methyl sites for hydroxylation is 1. The van der Waals surface area contributed by atoms with Crippen LogP contribution in [0, 0.1) is 0 Å². The van der Waals surface area contributed by atoms with E-state index < -0.39 is 10.0 Å². The van der Waals surface area contributed by atoms with Gasteiger partial charge in [0.15, 0.2) is 0 Å². The summed E-state index contributed by atoms with van der Waals surface area (Å²) in [5.74, 6) is -0.276. The minimum atomic E-state index is -3.26. The van der Waals surface area contributed by atoms with Crippen LogP contribution in [0.4, 0.5) is 0 Å². The summed E-state index contributed by atoms with van der Waals surface area (Å²) >= 11 is 0. The molecule has 0 spiro atoms. The van der Waals surface area contributed by atoms with Gasteiger partial charge in [-0.15, -0.1) is 0 Å². The van der Waals surface area contributed by atoms with E-state index in [-0.39, 0.29) is 25.1 Å². The van der Waals surface area contributed by atoms with Crippen LogP contribution in [-0.4, -0.2) is 67.0 Å². The van der Waals surface area contributed by atoms with Crippen LogP contribution in [0.25, 0.3) is 11.3 Å². The van der Waals surface area contributed by atoms with Gasteiger partial charge in [-0.3, -0.25) is 9.48 Å². The topological polar surface area (TPSA) is 93.5 Å². The molecule has 1 aliphatic heterocycles. The van der Waals surface area contributed by atoms with Crippen molar-refractivity contribution in [2.24, 2.45) is 7.05 Å². The van der Waals surface area contributed by atoms with E-state index in [0.29, 0.717) is 18.8 Å². The molecule has 1 N–H and O–H groups in total. The Balaban J connectivity index is 1.63. The number of amides is 1. The first-order chi connectivity index (χ1) is 12.3. The highest BCUT2D eigenvalue weighted by atomic mass is 32.2. The number of sulfonamides is 1. The number of hydrogen-bond donors (Lipinski definition) is 1. The van der Waals surface area contributed by atoms with E-state index in [1.54, 1.807) is 13.1 Å². The van der Waals surface area contributed by atoms with Crippen LogP contribution in [-0.2, 0) is 21.8 Å². The molecule has 140 valence electrons. The van der Waals surface area contributed by atoms with E-state index in [0.717, 1.165) is 11.3 Å². The largest absolute Gasteiger partial charge is 0.374 e. The standard InChI is InChI=1S/C17H22N4O4S/c1-20-16(10-15(19-20)13-6-4-3-5-7-13)17(22)18-11-14-12-21(8-9-25-14)26(2,23)24/h3-7,10,14H,8-9,11-12H2,1-2H3,(H,18,22)/t14-/m1/s1. The number of rotatable bonds is 5. The van der Waals surface area contributed by atoms with Gasteiger partial charge in [0.05, 0.1) is 24.7 Å². The first-order valence-electron chi connectivity index (χ1n) is 8.29. The quantitative estimate of drug-likeness (QED) is 0.817. The lowest BCUT2D eigenvalue weighted by Crippen LogP contribution is -2.49. The van der Waals surface area contributed by atoms with Gasteiger partial charge in [-0.1, -0.05) is 30.3 Å². The Morgan fingerprint density at radius 1 is 1.35 bits per heavy atom. The third-order valence-electron chi connectivity index (χ3n) is 4.24. The Kier molecular flexibility index (Phi) is 5.40. The maximum Gasteiger partial charge on any atom is 0.269 e. The molecule has 2 aromatic rings. The van der Waals surface area contributed by atoms with Gasteiger partial charge in [0.25, 0.3) is 5.91 Å². The predicted molar refractivity (Wildman–Crippen MR) is 97.1 cm³/mol. The van der Waals surface area contributed by atoms with Crippen molar-refractivity contribution < 1.29 is 17.9 Å². The molecular weight excluding hydrogens is 356 g/mol. The molecule has 1 amide bonds. The van der Waals surface area contributed by atoms with E-state index in [1.165, 1.54) is 15.2 Å². The highest BCUT2D eigenvalue weighted by Crippen LogP contribution is 2.18. The highest BCUT2D eigenvalue weighted by Gasteiger charge is 2.27. The van der Waals surface area contributed by atoms with Gasteiger partial charge in [-0.25, -0.2) is 8.42 Å². The van der Waals surface area contributed by atoms with Crippen molar-refractivity contribution in [3.63, 3.8) is 0 Å². The second-order valence-electron chi connectivity index (χ2n) is 6.23. The summed E-state index contributed by atoms with van der Waals surface area (Å²) in [5.41, 5.74) is 2.08. The zero-order valence-corrected chi connectivity index (χ0v) is 15.6. The predicted octanol–water partition coefficient (Wildman–Crippen LogP) is 0.477. The molecule has 26 heavy (non-hydrogen) atoms. The summed E-state index contributed by atoms with van der Waals surface area (Å²) in [5, 5.41) is 7.18. The number of nitrogens with one attached hydrogen (secondary N) is 1. The summed E-state index contributed by atoms with van der Waals surface area (Å²) in [6, 6.07) is 11.3. The molecule has 1 atom stereocenters. The summed E-state index contributed by atoms with van der Waals surface area (Å²) in [6.45, 7) is 1.12. The maximum atomic E-state index is 12.5. The molecule has 1 aliphatic rings. The fraction of sp³-hybridized carbons (Fsp3) is 0.412. The average Bonchev–Trinajstić information content (AvgIpc) is 3.02. The normalized spacial score (nSPS) is 18.6. The summed E-state index contributed by atoms with van der Waals surface area (Å²) in [4.78, 5) is 12.5. The number of nitrogens with zero attached hydrogens (tertiary/aromatic N) is 3. The Labute approximate surface area is 152 Å². The van der Waals surface area contributed by atoms with E-state index >= 15 is 0 Å². The second kappa shape index (κ2) is 7.56. The van der Waals surface area contributed by atoms with Crippen molar-refractivity contribution in [1.82, 2.24) is 19.4 Å². The van der Waals surface area contributed by atoms with E-state index in [1.807, 2.05) is 30.3 Å². The minimum absolute atomic E-state index is 0.233. The van der Waals surface area contributed by atoms with Crippen LogP contribution in [0.5, 0.6) is 0 Å². The van der Waals surface area contributed by atoms with Gasteiger partial charge in [-0.05, 0) is 6.07 Å². The van der Waals surface area contributed by atoms with Crippen molar-refractivity contribution in [3.8, 4) is 11.3 Å². The summed E-state index contributed by atoms with van der Waals surface area (Å²) < 4.78 is 31.7. The minimum Gasteiger partial charge on any atom is -0.374 e. The molecule has 0 radical (unpaired) electrons. The lowest BCUT2D eigenvalue weighted by Gasteiger charge is -2.31. The van der Waals surface area contributed by atoms with Crippen LogP contribution in [0.1, 0.15) is 10.5 Å². The van der Waals surface area contributed by atoms with Crippen LogP contribution in [0.3, 0.4) is 0 Å². The van der Waals surface area contributed by atoms with E-state index in [2.05, 4.69) is 10.4 Å². The molecule has 2 heterocycles. The first-order valence-corrected chi connectivity index (χ1v) is 10.1. The first kappa shape index (κ1) is 18.6. The number of ether oxygens (including phenoxy) is 1. The number of benzene rings is 1. The molecule has 0 saturated carbocycles. The van der Waals surface area contributed by atoms with Gasteiger partial charge in [0.2, 0.25) is 10.0 Å². The summed E-state index contributed by atoms with van der Waals surface area (Å²) in [7, 11) is -1.54. The molecule has 0 unspecified atom stereocenters. The number of aromatic nitrogens is 2. The molecule has 0 aliphatic carbocycles. The van der Waals surface area contributed by atoms with Crippen molar-refractivity contribution in [2.75, 3.05) is 32.5 Å². The van der Waals surface area contributed by atoms with Crippen LogP contribution < -0.4 is 5.32 Å². The van der Waals surface area contributed by atoms with E-state index in [9.17, 15) is 13.2 Å². The Morgan fingerprint density at radius 3 is 2.77 bits per heavy atom. The zero-order chi connectivity index (χ0) is 18.7. The molecule has 9 heteroatoms. The molecular formula is C17H22N4O4S. The van der Waals surface area contributed by atoms with Crippen LogP contribution >= 0.6 is 0 Å². The van der Waals surface area contributed by atoms with Crippen LogP contribution in [0.2, 0.25) is 0 Å².